The highest BCUT2D eigenvalue weighted by molar-refractivity contribution is 7.17. The monoisotopic (exact) mass is 304 g/mol. The fraction of sp³-hybridized carbons (Fsp3) is 0.533. The zero-order chi connectivity index (χ0) is 15.2. The van der Waals surface area contributed by atoms with Gasteiger partial charge in [-0.25, -0.2) is 4.98 Å². The highest BCUT2D eigenvalue weighted by atomic mass is 32.1. The van der Waals surface area contributed by atoms with Gasteiger partial charge in [0.05, 0.1) is 16.8 Å². The number of carbonyl (C=O) groups is 1. The molecule has 112 valence electrons. The summed E-state index contributed by atoms with van der Waals surface area (Å²) in [6.07, 6.45) is 5.36. The van der Waals surface area contributed by atoms with Gasteiger partial charge < -0.3 is 4.90 Å². The molecule has 0 bridgehead atoms. The van der Waals surface area contributed by atoms with Crippen molar-refractivity contribution >= 4 is 22.3 Å². The molecule has 1 aliphatic rings. The fourth-order valence-electron chi connectivity index (χ4n) is 2.77. The summed E-state index contributed by atoms with van der Waals surface area (Å²) in [4.78, 5) is 19.9. The number of Topliss-reactive ketones (excluding diaryl/α,β-unsaturated/α-hetero) is 1. The molecule has 3 rings (SSSR count). The second kappa shape index (κ2) is 4.94. The Balaban J connectivity index is 1.82. The fourth-order valence-corrected chi connectivity index (χ4v) is 3.75. The van der Waals surface area contributed by atoms with Crippen LogP contribution in [0.3, 0.4) is 0 Å². The van der Waals surface area contributed by atoms with Crippen LogP contribution in [-0.4, -0.2) is 27.6 Å². The van der Waals surface area contributed by atoms with Gasteiger partial charge in [-0.3, -0.25) is 9.48 Å². The molecule has 0 aliphatic heterocycles. The van der Waals surface area contributed by atoms with E-state index in [1.807, 2.05) is 26.5 Å². The number of nitrogens with zero attached hydrogens (tertiary/aromatic N) is 4. The summed E-state index contributed by atoms with van der Waals surface area (Å²) in [7, 11) is 3.92. The minimum Gasteiger partial charge on any atom is -0.347 e. The predicted octanol–water partition coefficient (Wildman–Crippen LogP) is 2.67. The highest BCUT2D eigenvalue weighted by Crippen LogP contribution is 2.39. The van der Waals surface area contributed by atoms with Gasteiger partial charge in [0, 0.05) is 38.8 Å². The number of aryl methyl sites for hydroxylation is 1. The SMILES string of the molecule is CN(Cc1cnn(C)c1)c1nc2c(s1)C(=O)CC(C)(C)C2. The Morgan fingerprint density at radius 2 is 2.19 bits per heavy atom. The minimum absolute atomic E-state index is 0.0251. The first kappa shape index (κ1) is 14.3. The zero-order valence-electron chi connectivity index (χ0n) is 12.9. The maximum atomic E-state index is 12.2. The lowest BCUT2D eigenvalue weighted by Gasteiger charge is -2.26. The largest absolute Gasteiger partial charge is 0.347 e. The highest BCUT2D eigenvalue weighted by Gasteiger charge is 2.34. The van der Waals surface area contributed by atoms with Crippen molar-refractivity contribution in [2.45, 2.75) is 33.2 Å². The third-order valence-electron chi connectivity index (χ3n) is 3.73. The molecule has 0 amide bonds. The van der Waals surface area contributed by atoms with Gasteiger partial charge in [0.15, 0.2) is 10.9 Å². The van der Waals surface area contributed by atoms with Crippen molar-refractivity contribution in [1.82, 2.24) is 14.8 Å². The van der Waals surface area contributed by atoms with Crippen LogP contribution in [0.5, 0.6) is 0 Å². The van der Waals surface area contributed by atoms with E-state index in [0.29, 0.717) is 6.42 Å². The Labute approximate surface area is 128 Å². The molecule has 0 atom stereocenters. The Bertz CT molecular complexity index is 686. The normalized spacial score (nSPS) is 16.9. The van der Waals surface area contributed by atoms with Crippen LogP contribution in [0.2, 0.25) is 0 Å². The number of thiazole rings is 1. The van der Waals surface area contributed by atoms with Crippen molar-refractivity contribution in [1.29, 1.82) is 0 Å². The molecule has 0 saturated carbocycles. The van der Waals surface area contributed by atoms with Crippen LogP contribution in [0.1, 0.15) is 41.2 Å². The van der Waals surface area contributed by atoms with Crippen LogP contribution in [-0.2, 0) is 20.0 Å². The number of hydrogen-bond acceptors (Lipinski definition) is 5. The smallest absolute Gasteiger partial charge is 0.186 e. The van der Waals surface area contributed by atoms with E-state index in [0.717, 1.165) is 34.2 Å². The van der Waals surface area contributed by atoms with E-state index in [-0.39, 0.29) is 11.2 Å². The van der Waals surface area contributed by atoms with Crippen LogP contribution in [0, 0.1) is 5.41 Å². The number of fused-ring (bicyclic) bond motifs is 1. The molecule has 6 heteroatoms. The zero-order valence-corrected chi connectivity index (χ0v) is 13.7. The molecule has 0 saturated heterocycles. The number of ketones is 1. The molecule has 0 fully saturated rings. The van der Waals surface area contributed by atoms with Crippen molar-refractivity contribution < 1.29 is 4.79 Å². The van der Waals surface area contributed by atoms with Gasteiger partial charge in [-0.15, -0.1) is 0 Å². The first-order chi connectivity index (χ1) is 9.84. The molecule has 1 aliphatic carbocycles. The number of aromatic nitrogens is 3. The molecular formula is C15H20N4OS. The first-order valence-corrected chi connectivity index (χ1v) is 7.87. The average molecular weight is 304 g/mol. The molecule has 0 spiro atoms. The van der Waals surface area contributed by atoms with Crippen LogP contribution in [0.15, 0.2) is 12.4 Å². The summed E-state index contributed by atoms with van der Waals surface area (Å²) in [5, 5.41) is 5.09. The van der Waals surface area contributed by atoms with Crippen molar-refractivity contribution in [3.63, 3.8) is 0 Å². The molecular weight excluding hydrogens is 284 g/mol. The summed E-state index contributed by atoms with van der Waals surface area (Å²) in [5.41, 5.74) is 2.13. The van der Waals surface area contributed by atoms with E-state index >= 15 is 0 Å². The van der Waals surface area contributed by atoms with Gasteiger partial charge in [0.25, 0.3) is 0 Å². The third-order valence-corrected chi connectivity index (χ3v) is 4.98. The van der Waals surface area contributed by atoms with E-state index in [1.165, 1.54) is 11.3 Å². The molecule has 21 heavy (non-hydrogen) atoms. The summed E-state index contributed by atoms with van der Waals surface area (Å²) in [5.74, 6) is 0.236. The Kier molecular flexibility index (Phi) is 3.36. The van der Waals surface area contributed by atoms with Crippen molar-refractivity contribution in [2.24, 2.45) is 12.5 Å². The first-order valence-electron chi connectivity index (χ1n) is 7.06. The van der Waals surface area contributed by atoms with Gasteiger partial charge in [0.2, 0.25) is 0 Å². The molecule has 0 unspecified atom stereocenters. The molecule has 2 heterocycles. The van der Waals surface area contributed by atoms with Crippen molar-refractivity contribution in [3.8, 4) is 0 Å². The van der Waals surface area contributed by atoms with Crippen molar-refractivity contribution in [3.05, 3.63) is 28.5 Å². The second-order valence-electron chi connectivity index (χ2n) is 6.59. The summed E-state index contributed by atoms with van der Waals surface area (Å²) >= 11 is 1.52. The Hall–Kier alpha value is -1.69. The van der Waals surface area contributed by atoms with E-state index in [4.69, 9.17) is 4.98 Å². The molecule has 0 aromatic carbocycles. The quantitative estimate of drug-likeness (QED) is 0.875. The maximum absolute atomic E-state index is 12.2. The van der Waals surface area contributed by atoms with Gasteiger partial charge in [-0.2, -0.15) is 5.10 Å². The Morgan fingerprint density at radius 3 is 2.86 bits per heavy atom. The molecule has 0 N–H and O–H groups in total. The minimum atomic E-state index is 0.0251. The molecule has 0 radical (unpaired) electrons. The second-order valence-corrected chi connectivity index (χ2v) is 7.57. The van der Waals surface area contributed by atoms with Crippen LogP contribution < -0.4 is 4.90 Å². The average Bonchev–Trinajstić information content (AvgIpc) is 2.94. The summed E-state index contributed by atoms with van der Waals surface area (Å²) < 4.78 is 1.79. The van der Waals surface area contributed by atoms with Gasteiger partial charge in [-0.1, -0.05) is 25.2 Å². The lowest BCUT2D eigenvalue weighted by atomic mass is 9.78. The van der Waals surface area contributed by atoms with Crippen LogP contribution in [0.25, 0.3) is 0 Å². The topological polar surface area (TPSA) is 51.0 Å². The molecule has 2 aromatic rings. The number of rotatable bonds is 3. The van der Waals surface area contributed by atoms with E-state index in [9.17, 15) is 4.79 Å². The molecule has 5 nitrogen and oxygen atoms in total. The third kappa shape index (κ3) is 2.85. The van der Waals surface area contributed by atoms with Crippen molar-refractivity contribution in [2.75, 3.05) is 11.9 Å². The predicted molar refractivity (Wildman–Crippen MR) is 83.9 cm³/mol. The van der Waals surface area contributed by atoms with Gasteiger partial charge in [-0.05, 0) is 11.8 Å². The lowest BCUT2D eigenvalue weighted by Crippen LogP contribution is -2.26. The van der Waals surface area contributed by atoms with E-state index in [2.05, 4.69) is 23.8 Å². The summed E-state index contributed by atoms with van der Waals surface area (Å²) in [6.45, 7) is 5.01. The van der Waals surface area contributed by atoms with E-state index < -0.39 is 0 Å². The molecule has 2 aromatic heterocycles. The van der Waals surface area contributed by atoms with E-state index in [1.54, 1.807) is 4.68 Å². The number of carbonyl (C=O) groups excluding carboxylic acids is 1. The Morgan fingerprint density at radius 1 is 1.43 bits per heavy atom. The number of anilines is 1. The van der Waals surface area contributed by atoms with Gasteiger partial charge in [0.1, 0.15) is 0 Å². The standard InChI is InChI=1S/C15H20N4OS/c1-15(2)5-11-13(12(20)6-15)21-14(17-11)18(3)8-10-7-16-19(4)9-10/h7,9H,5-6,8H2,1-4H3. The number of hydrogen-bond donors (Lipinski definition) is 0. The lowest BCUT2D eigenvalue weighted by molar-refractivity contribution is 0.0916. The van der Waals surface area contributed by atoms with Gasteiger partial charge >= 0.3 is 0 Å². The van der Waals surface area contributed by atoms with Crippen LogP contribution in [0.4, 0.5) is 5.13 Å². The summed E-state index contributed by atoms with van der Waals surface area (Å²) in [6, 6.07) is 0. The maximum Gasteiger partial charge on any atom is 0.186 e. The van der Waals surface area contributed by atoms with Crippen LogP contribution >= 0.6 is 11.3 Å².